The molecular weight excluding hydrogens is 332 g/mol. The van der Waals surface area contributed by atoms with Crippen LogP contribution in [0.4, 0.5) is 0 Å². The number of aliphatic carboxylic acids is 1. The highest BCUT2D eigenvalue weighted by atomic mass is 16.5. The summed E-state index contributed by atoms with van der Waals surface area (Å²) in [6.07, 6.45) is -13.9. The Bertz CT molecular complexity index is 403. The van der Waals surface area contributed by atoms with Gasteiger partial charge in [-0.1, -0.05) is 0 Å². The molecule has 0 aromatic carbocycles. The summed E-state index contributed by atoms with van der Waals surface area (Å²) in [5.74, 6) is -3.19. The van der Waals surface area contributed by atoms with Crippen LogP contribution in [0.3, 0.4) is 0 Å². The number of hydrogen-bond donors (Lipinski definition) is 9. The van der Waals surface area contributed by atoms with Gasteiger partial charge in [0.1, 0.15) is 24.4 Å². The van der Waals surface area contributed by atoms with Crippen molar-refractivity contribution in [3.05, 3.63) is 0 Å². The first-order valence-corrected chi connectivity index (χ1v) is 7.34. The van der Waals surface area contributed by atoms with E-state index in [0.29, 0.717) is 0 Å². The molecule has 0 unspecified atom stereocenters. The molecule has 0 spiro atoms. The molecule has 11 nitrogen and oxygen atoms in total. The van der Waals surface area contributed by atoms with Crippen LogP contribution in [0.2, 0.25) is 0 Å². The quantitative estimate of drug-likeness (QED) is 0.201. The molecule has 0 aliphatic carbocycles. The first kappa shape index (κ1) is 21.2. The van der Waals surface area contributed by atoms with E-state index >= 15 is 0 Å². The minimum absolute atomic E-state index is 0.464. The van der Waals surface area contributed by atoms with Crippen molar-refractivity contribution in [1.82, 2.24) is 0 Å². The van der Waals surface area contributed by atoms with E-state index in [2.05, 4.69) is 0 Å². The van der Waals surface area contributed by atoms with Crippen molar-refractivity contribution in [3.63, 3.8) is 0 Å². The molecule has 0 aromatic rings. The second kappa shape index (κ2) is 8.99. The lowest BCUT2D eigenvalue weighted by Gasteiger charge is -2.42. The van der Waals surface area contributed by atoms with Crippen LogP contribution in [0, 0.1) is 5.92 Å². The maximum Gasteiger partial charge on any atom is 0.335 e. The van der Waals surface area contributed by atoms with Gasteiger partial charge in [-0.25, -0.2) is 4.79 Å². The van der Waals surface area contributed by atoms with Gasteiger partial charge in [0.2, 0.25) is 0 Å². The minimum Gasteiger partial charge on any atom is -0.479 e. The number of carbonyl (C=O) groups is 1. The lowest BCUT2D eigenvalue weighted by atomic mass is 9.83. The Morgan fingerprint density at radius 1 is 0.958 bits per heavy atom. The molecule has 11 heteroatoms. The van der Waals surface area contributed by atoms with Gasteiger partial charge in [0.25, 0.3) is 0 Å². The van der Waals surface area contributed by atoms with E-state index in [1.165, 1.54) is 0 Å². The van der Waals surface area contributed by atoms with Gasteiger partial charge >= 0.3 is 5.97 Å². The van der Waals surface area contributed by atoms with Gasteiger partial charge in [-0.15, -0.1) is 0 Å². The molecule has 142 valence electrons. The molecule has 0 bridgehead atoms. The second-order valence-corrected chi connectivity index (χ2v) is 5.79. The fourth-order valence-electron chi connectivity index (χ4n) is 2.68. The first-order valence-electron chi connectivity index (χ1n) is 7.34. The predicted octanol–water partition coefficient (Wildman–Crippen LogP) is -5.01. The Morgan fingerprint density at radius 3 is 1.96 bits per heavy atom. The third kappa shape index (κ3) is 4.59. The number of carboxylic acids is 1. The Balaban J connectivity index is 2.94. The smallest absolute Gasteiger partial charge is 0.335 e. The fourth-order valence-corrected chi connectivity index (χ4v) is 2.68. The zero-order chi connectivity index (χ0) is 18.6. The highest BCUT2D eigenvalue weighted by molar-refractivity contribution is 5.72. The zero-order valence-electron chi connectivity index (χ0n) is 12.7. The monoisotopic (exact) mass is 356 g/mol. The number of hydrogen-bond acceptors (Lipinski definition) is 10. The average molecular weight is 356 g/mol. The van der Waals surface area contributed by atoms with Crippen molar-refractivity contribution in [2.24, 2.45) is 5.92 Å². The molecule has 0 radical (unpaired) electrons. The maximum absolute atomic E-state index is 10.8. The molecule has 9 N–H and O–H groups in total. The summed E-state index contributed by atoms with van der Waals surface area (Å²) in [5, 5.41) is 85.3. The SMILES string of the molecule is O=C(O)[C@H](O)[C@@H](O)[C@H](C[C@@H]1O[C@H](CO)[C@H](O)[C@H](O)[C@H]1O)[C@H](O)CO. The summed E-state index contributed by atoms with van der Waals surface area (Å²) >= 11 is 0. The molecule has 1 fully saturated rings. The molecule has 1 aliphatic heterocycles. The van der Waals surface area contributed by atoms with Gasteiger partial charge in [-0.2, -0.15) is 0 Å². The molecule has 1 heterocycles. The molecule has 9 atom stereocenters. The molecule has 0 amide bonds. The average Bonchev–Trinajstić information content (AvgIpc) is 2.57. The van der Waals surface area contributed by atoms with Crippen molar-refractivity contribution < 1.29 is 55.5 Å². The molecule has 24 heavy (non-hydrogen) atoms. The van der Waals surface area contributed by atoms with Crippen LogP contribution < -0.4 is 0 Å². The number of carboxylic acid groups (broad SMARTS) is 1. The van der Waals surface area contributed by atoms with Crippen LogP contribution in [0.25, 0.3) is 0 Å². The summed E-state index contributed by atoms with van der Waals surface area (Å²) in [6, 6.07) is 0. The maximum atomic E-state index is 10.8. The number of rotatable bonds is 8. The third-order valence-corrected chi connectivity index (χ3v) is 4.19. The standard InChI is InChI=1S/C13H24O11/c14-2-5(16)4(8(17)12(21)13(22)23)1-6-9(18)11(20)10(19)7(3-15)24-6/h4-12,14-21H,1-3H2,(H,22,23)/t4-,5-,6+,7-,8+,9+,10+,11-,12-/m1/s1. The van der Waals surface area contributed by atoms with E-state index in [0.717, 1.165) is 0 Å². The summed E-state index contributed by atoms with van der Waals surface area (Å²) in [6.45, 7) is -1.56. The molecule has 1 aliphatic rings. The molecular formula is C13H24O11. The van der Waals surface area contributed by atoms with E-state index < -0.39 is 80.4 Å². The summed E-state index contributed by atoms with van der Waals surface area (Å²) in [5.41, 5.74) is 0. The van der Waals surface area contributed by atoms with E-state index in [4.69, 9.17) is 20.1 Å². The lowest BCUT2D eigenvalue weighted by Crippen LogP contribution is -2.59. The van der Waals surface area contributed by atoms with Crippen LogP contribution in [0.15, 0.2) is 0 Å². The topological polar surface area (TPSA) is 208 Å². The van der Waals surface area contributed by atoms with Crippen LogP contribution in [0.1, 0.15) is 6.42 Å². The third-order valence-electron chi connectivity index (χ3n) is 4.19. The summed E-state index contributed by atoms with van der Waals surface area (Å²) in [7, 11) is 0. The van der Waals surface area contributed by atoms with Crippen molar-refractivity contribution in [2.45, 2.75) is 55.3 Å². The summed E-state index contributed by atoms with van der Waals surface area (Å²) < 4.78 is 5.20. The van der Waals surface area contributed by atoms with Gasteiger partial charge in [-0.3, -0.25) is 0 Å². The molecule has 0 saturated carbocycles. The Hall–Kier alpha value is -0.890. The van der Waals surface area contributed by atoms with Crippen LogP contribution in [0.5, 0.6) is 0 Å². The van der Waals surface area contributed by atoms with E-state index in [1.807, 2.05) is 0 Å². The van der Waals surface area contributed by atoms with Crippen molar-refractivity contribution in [2.75, 3.05) is 13.2 Å². The first-order chi connectivity index (χ1) is 11.1. The largest absolute Gasteiger partial charge is 0.479 e. The molecule has 1 rings (SSSR count). The van der Waals surface area contributed by atoms with Gasteiger partial charge < -0.3 is 50.7 Å². The van der Waals surface area contributed by atoms with Gasteiger partial charge in [0.05, 0.1) is 31.5 Å². The Kier molecular flexibility index (Phi) is 7.92. The van der Waals surface area contributed by atoms with Crippen LogP contribution in [-0.2, 0) is 9.53 Å². The van der Waals surface area contributed by atoms with Gasteiger partial charge in [-0.05, 0) is 6.42 Å². The summed E-state index contributed by atoms with van der Waals surface area (Å²) in [4.78, 5) is 10.8. The Morgan fingerprint density at radius 2 is 1.50 bits per heavy atom. The highest BCUT2D eigenvalue weighted by Gasteiger charge is 2.46. The van der Waals surface area contributed by atoms with Crippen LogP contribution >= 0.6 is 0 Å². The minimum atomic E-state index is -2.26. The van der Waals surface area contributed by atoms with Crippen LogP contribution in [-0.4, -0.2) is 114 Å². The number of ether oxygens (including phenoxy) is 1. The van der Waals surface area contributed by atoms with Gasteiger partial charge in [0.15, 0.2) is 6.10 Å². The van der Waals surface area contributed by atoms with Crippen molar-refractivity contribution >= 4 is 5.97 Å². The molecule has 0 aromatic heterocycles. The van der Waals surface area contributed by atoms with Crippen molar-refractivity contribution in [1.29, 1.82) is 0 Å². The zero-order valence-corrected chi connectivity index (χ0v) is 12.7. The number of aliphatic hydroxyl groups is 8. The van der Waals surface area contributed by atoms with Gasteiger partial charge in [0, 0.05) is 5.92 Å². The second-order valence-electron chi connectivity index (χ2n) is 5.79. The lowest BCUT2D eigenvalue weighted by molar-refractivity contribution is -0.237. The van der Waals surface area contributed by atoms with E-state index in [1.54, 1.807) is 0 Å². The predicted molar refractivity (Wildman–Crippen MR) is 74.6 cm³/mol. The van der Waals surface area contributed by atoms with Crippen molar-refractivity contribution in [3.8, 4) is 0 Å². The van der Waals surface area contributed by atoms with E-state index in [-0.39, 0.29) is 0 Å². The van der Waals surface area contributed by atoms with E-state index in [9.17, 15) is 35.4 Å². The number of aliphatic hydroxyl groups excluding tert-OH is 8. The highest BCUT2D eigenvalue weighted by Crippen LogP contribution is 2.29. The normalized spacial score (nSPS) is 35.9. The Labute approximate surface area is 137 Å². The fraction of sp³-hybridized carbons (Fsp3) is 0.923. The molecule has 1 saturated heterocycles.